The molecular formula is C9H23N5O8P2. The van der Waals surface area contributed by atoms with Gasteiger partial charge in [-0.2, -0.15) is 0 Å². The lowest BCUT2D eigenvalue weighted by atomic mass is 10.0. The fourth-order valence-corrected chi connectivity index (χ4v) is 3.60. The predicted octanol–water partition coefficient (Wildman–Crippen LogP) is -2.61. The molecule has 0 aromatic carbocycles. The van der Waals surface area contributed by atoms with E-state index in [2.05, 4.69) is 5.32 Å². The topological polar surface area (TPSA) is 244 Å². The Morgan fingerprint density at radius 3 is 1.88 bits per heavy atom. The standard InChI is InChI=1S/C9H23N5O8P2/c10-7(15)9(16,3-1-2-4-13-8(11)12)14(5-23(17,18)19)6-24(20,21)22/h16H,1-6H2,(H2,10,15)(H4,11,12,13)(H2,17,18,19)(H2,20,21,22)/t9-/m1/s1. The number of carbonyl (C=O) groups is 1. The maximum atomic E-state index is 11.6. The van der Waals surface area contributed by atoms with Crippen molar-refractivity contribution in [2.24, 2.45) is 11.5 Å². The van der Waals surface area contributed by atoms with Gasteiger partial charge in [0, 0.05) is 6.54 Å². The number of nitrogens with two attached hydrogens (primary N) is 2. The quantitative estimate of drug-likeness (QED) is 0.0580. The van der Waals surface area contributed by atoms with E-state index in [4.69, 9.17) is 36.5 Å². The van der Waals surface area contributed by atoms with E-state index < -0.39 is 45.8 Å². The molecule has 15 heteroatoms. The molecule has 24 heavy (non-hydrogen) atoms. The Morgan fingerprint density at radius 1 is 1.08 bits per heavy atom. The van der Waals surface area contributed by atoms with Crippen molar-refractivity contribution in [3.8, 4) is 0 Å². The van der Waals surface area contributed by atoms with E-state index in [1.54, 1.807) is 0 Å². The first-order chi connectivity index (χ1) is 10.7. The van der Waals surface area contributed by atoms with Crippen molar-refractivity contribution in [2.45, 2.75) is 25.0 Å². The second kappa shape index (κ2) is 8.88. The van der Waals surface area contributed by atoms with Crippen molar-refractivity contribution in [3.05, 3.63) is 0 Å². The van der Waals surface area contributed by atoms with Crippen LogP contribution in [0.3, 0.4) is 0 Å². The molecular weight excluding hydrogens is 368 g/mol. The first-order valence-corrected chi connectivity index (χ1v) is 10.2. The highest BCUT2D eigenvalue weighted by Crippen LogP contribution is 2.43. The van der Waals surface area contributed by atoms with Crippen molar-refractivity contribution in [1.82, 2.24) is 10.2 Å². The molecule has 0 aromatic rings. The number of carbonyl (C=O) groups excluding carboxylic acids is 1. The average molecular weight is 391 g/mol. The summed E-state index contributed by atoms with van der Waals surface area (Å²) in [5.74, 6) is -1.69. The zero-order valence-corrected chi connectivity index (χ0v) is 14.5. The maximum absolute atomic E-state index is 11.6. The van der Waals surface area contributed by atoms with E-state index in [-0.39, 0.29) is 23.8 Å². The summed E-state index contributed by atoms with van der Waals surface area (Å²) in [6, 6.07) is 0. The lowest BCUT2D eigenvalue weighted by molar-refractivity contribution is -0.159. The molecule has 0 heterocycles. The molecule has 0 aliphatic heterocycles. The molecule has 1 amide bonds. The molecule has 13 nitrogen and oxygen atoms in total. The fourth-order valence-electron chi connectivity index (χ4n) is 1.88. The number of hydrogen-bond acceptors (Lipinski definition) is 6. The van der Waals surface area contributed by atoms with Crippen LogP contribution in [0.25, 0.3) is 0 Å². The Labute approximate surface area is 137 Å². The largest absolute Gasteiger partial charge is 0.370 e. The van der Waals surface area contributed by atoms with Crippen LogP contribution in [0.1, 0.15) is 19.3 Å². The van der Waals surface area contributed by atoms with E-state index in [9.17, 15) is 19.0 Å². The summed E-state index contributed by atoms with van der Waals surface area (Å²) in [6.07, 6.45) is -2.55. The molecule has 0 unspecified atom stereocenters. The van der Waals surface area contributed by atoms with Gasteiger partial charge in [-0.05, 0) is 19.3 Å². The van der Waals surface area contributed by atoms with Crippen molar-refractivity contribution in [2.75, 3.05) is 19.1 Å². The highest BCUT2D eigenvalue weighted by molar-refractivity contribution is 7.52. The molecule has 0 bridgehead atoms. The number of hydrogen-bond donors (Lipinski definition) is 9. The van der Waals surface area contributed by atoms with Crippen LogP contribution >= 0.6 is 15.2 Å². The summed E-state index contributed by atoms with van der Waals surface area (Å²) in [5, 5.41) is 19.8. The number of nitrogens with zero attached hydrogens (tertiary/aromatic N) is 1. The van der Waals surface area contributed by atoms with Crippen molar-refractivity contribution in [3.63, 3.8) is 0 Å². The molecule has 1 atom stereocenters. The van der Waals surface area contributed by atoms with Crippen molar-refractivity contribution < 1.29 is 38.6 Å². The van der Waals surface area contributed by atoms with Gasteiger partial charge < -0.3 is 41.5 Å². The lowest BCUT2D eigenvalue weighted by Crippen LogP contribution is -2.58. The number of unbranched alkanes of at least 4 members (excludes halogenated alkanes) is 1. The molecule has 0 radical (unpaired) electrons. The smallest absolute Gasteiger partial charge is 0.339 e. The fraction of sp³-hybridized carbons (Fsp3) is 0.778. The lowest BCUT2D eigenvalue weighted by Gasteiger charge is -2.37. The van der Waals surface area contributed by atoms with Crippen LogP contribution in [0.15, 0.2) is 0 Å². The second-order valence-electron chi connectivity index (χ2n) is 5.13. The second-order valence-corrected chi connectivity index (χ2v) is 8.35. The number of guanidine groups is 1. The number of amides is 1. The average Bonchev–Trinajstić information content (AvgIpc) is 2.33. The van der Waals surface area contributed by atoms with Crippen molar-refractivity contribution in [1.29, 1.82) is 5.41 Å². The van der Waals surface area contributed by atoms with Gasteiger partial charge in [-0.25, -0.2) is 4.90 Å². The summed E-state index contributed by atoms with van der Waals surface area (Å²) >= 11 is 0. The highest BCUT2D eigenvalue weighted by Gasteiger charge is 2.45. The van der Waals surface area contributed by atoms with E-state index in [0.717, 1.165) is 0 Å². The number of primary amides is 1. The molecule has 0 spiro atoms. The molecule has 0 aromatic heterocycles. The van der Waals surface area contributed by atoms with E-state index in [1.165, 1.54) is 0 Å². The maximum Gasteiger partial charge on any atom is 0.339 e. The Bertz CT molecular complexity index is 524. The first kappa shape index (κ1) is 23.0. The van der Waals surface area contributed by atoms with E-state index in [0.29, 0.717) is 6.42 Å². The van der Waals surface area contributed by atoms with Gasteiger partial charge in [0.2, 0.25) is 0 Å². The monoisotopic (exact) mass is 391 g/mol. The van der Waals surface area contributed by atoms with Crippen LogP contribution in [-0.4, -0.2) is 66.3 Å². The predicted molar refractivity (Wildman–Crippen MR) is 83.6 cm³/mol. The molecule has 142 valence electrons. The zero-order chi connectivity index (χ0) is 19.2. The van der Waals surface area contributed by atoms with Crippen molar-refractivity contribution >= 4 is 27.1 Å². The summed E-state index contributed by atoms with van der Waals surface area (Å²) in [5.41, 5.74) is 7.47. The Kier molecular flexibility index (Phi) is 8.50. The Hall–Kier alpha value is -1.04. The van der Waals surface area contributed by atoms with E-state index in [1.807, 2.05) is 0 Å². The van der Waals surface area contributed by atoms with Gasteiger partial charge >= 0.3 is 15.2 Å². The zero-order valence-electron chi connectivity index (χ0n) is 12.7. The van der Waals surface area contributed by atoms with Crippen LogP contribution in [0.4, 0.5) is 0 Å². The Morgan fingerprint density at radius 2 is 1.54 bits per heavy atom. The van der Waals surface area contributed by atoms with Crippen LogP contribution in [0.5, 0.6) is 0 Å². The third-order valence-corrected chi connectivity index (χ3v) is 4.31. The van der Waals surface area contributed by atoms with Gasteiger partial charge in [-0.15, -0.1) is 0 Å². The first-order valence-electron chi connectivity index (χ1n) is 6.62. The molecule has 0 fully saturated rings. The van der Waals surface area contributed by atoms with Crippen LogP contribution in [-0.2, 0) is 13.9 Å². The SMILES string of the molecule is N=C(N)NCCCC[C@@](O)(C(N)=O)N(CP(=O)(O)O)CP(=O)(O)O. The van der Waals surface area contributed by atoms with Crippen LogP contribution in [0, 0.1) is 5.41 Å². The summed E-state index contributed by atoms with van der Waals surface area (Å²) in [6.45, 7) is 0.223. The number of aliphatic hydroxyl groups is 1. The van der Waals surface area contributed by atoms with Gasteiger partial charge in [0.25, 0.3) is 5.91 Å². The Balaban J connectivity index is 5.18. The minimum absolute atomic E-state index is 0.0958. The highest BCUT2D eigenvalue weighted by atomic mass is 31.2. The minimum atomic E-state index is -4.84. The summed E-state index contributed by atoms with van der Waals surface area (Å²) in [4.78, 5) is 47.9. The van der Waals surface area contributed by atoms with Gasteiger partial charge in [-0.1, -0.05) is 0 Å². The third kappa shape index (κ3) is 9.30. The van der Waals surface area contributed by atoms with Gasteiger partial charge in [0.05, 0.1) is 0 Å². The normalized spacial score (nSPS) is 15.1. The summed E-state index contributed by atoms with van der Waals surface area (Å²) in [7, 11) is -9.69. The molecule has 0 saturated carbocycles. The van der Waals surface area contributed by atoms with Gasteiger partial charge in [-0.3, -0.25) is 19.3 Å². The molecule has 0 aliphatic carbocycles. The summed E-state index contributed by atoms with van der Waals surface area (Å²) < 4.78 is 22.3. The van der Waals surface area contributed by atoms with Gasteiger partial charge in [0.15, 0.2) is 11.7 Å². The molecule has 0 saturated heterocycles. The third-order valence-electron chi connectivity index (χ3n) is 2.90. The number of rotatable bonds is 11. The number of nitrogens with one attached hydrogen (secondary N) is 2. The van der Waals surface area contributed by atoms with E-state index >= 15 is 0 Å². The van der Waals surface area contributed by atoms with Crippen LogP contribution in [0.2, 0.25) is 0 Å². The molecule has 11 N–H and O–H groups in total. The minimum Gasteiger partial charge on any atom is -0.370 e. The van der Waals surface area contributed by atoms with Gasteiger partial charge in [0.1, 0.15) is 12.6 Å². The molecule has 0 rings (SSSR count). The molecule has 0 aliphatic rings. The van der Waals surface area contributed by atoms with Crippen LogP contribution < -0.4 is 16.8 Å².